The van der Waals surface area contributed by atoms with Crippen molar-refractivity contribution in [3.63, 3.8) is 0 Å². The van der Waals surface area contributed by atoms with E-state index in [9.17, 15) is 9.59 Å². The van der Waals surface area contributed by atoms with Gasteiger partial charge in [-0.2, -0.15) is 0 Å². The molecule has 1 aromatic carbocycles. The number of unbranched alkanes of at least 4 members (excludes halogenated alkanes) is 2. The van der Waals surface area contributed by atoms with Gasteiger partial charge < -0.3 is 14.8 Å². The zero-order valence-corrected chi connectivity index (χ0v) is 14.9. The van der Waals surface area contributed by atoms with Crippen LogP contribution in [0, 0.1) is 6.92 Å². The molecule has 0 aliphatic carbocycles. The lowest BCUT2D eigenvalue weighted by Crippen LogP contribution is -2.25. The largest absolute Gasteiger partial charge is 0.497 e. The summed E-state index contributed by atoms with van der Waals surface area (Å²) in [6, 6.07) is 7.45. The third-order valence-electron chi connectivity index (χ3n) is 4.03. The van der Waals surface area contributed by atoms with E-state index >= 15 is 0 Å². The summed E-state index contributed by atoms with van der Waals surface area (Å²) in [6.07, 6.45) is 2.87. The average Bonchev–Trinajstić information content (AvgIpc) is 2.62. The molecule has 134 valence electrons. The van der Waals surface area contributed by atoms with E-state index in [1.165, 1.54) is 7.11 Å². The lowest BCUT2D eigenvalue weighted by Gasteiger charge is -2.09. The van der Waals surface area contributed by atoms with Crippen LogP contribution in [0.3, 0.4) is 0 Å². The first-order valence-corrected chi connectivity index (χ1v) is 8.35. The minimum absolute atomic E-state index is 0.129. The fourth-order valence-corrected chi connectivity index (χ4v) is 2.57. The zero-order valence-electron chi connectivity index (χ0n) is 14.9. The maximum Gasteiger partial charge on any atom is 0.305 e. The van der Waals surface area contributed by atoms with Crippen molar-refractivity contribution >= 4 is 22.8 Å². The fourth-order valence-electron chi connectivity index (χ4n) is 2.57. The van der Waals surface area contributed by atoms with E-state index in [-0.39, 0.29) is 11.9 Å². The van der Waals surface area contributed by atoms with Gasteiger partial charge in [0.1, 0.15) is 5.75 Å². The Morgan fingerprint density at radius 3 is 2.64 bits per heavy atom. The van der Waals surface area contributed by atoms with Gasteiger partial charge in [-0.05, 0) is 38.0 Å². The second-order valence-corrected chi connectivity index (χ2v) is 5.82. The van der Waals surface area contributed by atoms with E-state index in [4.69, 9.17) is 4.74 Å². The van der Waals surface area contributed by atoms with Gasteiger partial charge in [0.25, 0.3) is 5.91 Å². The average molecular weight is 344 g/mol. The molecule has 0 fully saturated rings. The van der Waals surface area contributed by atoms with Crippen molar-refractivity contribution in [2.45, 2.75) is 32.6 Å². The third-order valence-corrected chi connectivity index (χ3v) is 4.03. The van der Waals surface area contributed by atoms with Crippen LogP contribution in [0.4, 0.5) is 0 Å². The van der Waals surface area contributed by atoms with Gasteiger partial charge in [0.15, 0.2) is 0 Å². The van der Waals surface area contributed by atoms with E-state index in [0.717, 1.165) is 35.9 Å². The van der Waals surface area contributed by atoms with E-state index in [2.05, 4.69) is 15.0 Å². The number of benzene rings is 1. The van der Waals surface area contributed by atoms with E-state index < -0.39 is 0 Å². The molecule has 1 N–H and O–H groups in total. The van der Waals surface area contributed by atoms with Crippen LogP contribution >= 0.6 is 0 Å². The molecule has 0 bridgehead atoms. The van der Waals surface area contributed by atoms with Crippen molar-refractivity contribution in [2.24, 2.45) is 0 Å². The smallest absolute Gasteiger partial charge is 0.305 e. The molecule has 25 heavy (non-hydrogen) atoms. The summed E-state index contributed by atoms with van der Waals surface area (Å²) in [7, 11) is 3.00. The van der Waals surface area contributed by atoms with Gasteiger partial charge in [0, 0.05) is 24.4 Å². The number of ether oxygens (including phenoxy) is 2. The fraction of sp³-hybridized carbons (Fsp3) is 0.421. The number of nitrogens with one attached hydrogen (secondary N) is 1. The van der Waals surface area contributed by atoms with Crippen LogP contribution in [0.2, 0.25) is 0 Å². The van der Waals surface area contributed by atoms with Gasteiger partial charge in [0.05, 0.1) is 31.0 Å². The first-order chi connectivity index (χ1) is 12.0. The molecular formula is C19H24N2O4. The molecule has 0 saturated carbocycles. The normalized spacial score (nSPS) is 10.5. The van der Waals surface area contributed by atoms with Gasteiger partial charge in [-0.25, -0.2) is 0 Å². The summed E-state index contributed by atoms with van der Waals surface area (Å²) in [5, 5.41) is 3.81. The Labute approximate surface area is 147 Å². The second-order valence-electron chi connectivity index (χ2n) is 5.82. The van der Waals surface area contributed by atoms with Gasteiger partial charge in [-0.15, -0.1) is 0 Å². The molecule has 0 aliphatic heterocycles. The molecule has 0 unspecified atom stereocenters. The topological polar surface area (TPSA) is 77.5 Å². The number of hydrogen-bond acceptors (Lipinski definition) is 5. The highest BCUT2D eigenvalue weighted by atomic mass is 16.5. The number of carbonyl (C=O) groups excluding carboxylic acids is 2. The van der Waals surface area contributed by atoms with Crippen LogP contribution in [0.1, 0.15) is 41.7 Å². The number of pyridine rings is 1. The molecule has 1 heterocycles. The van der Waals surface area contributed by atoms with Gasteiger partial charge >= 0.3 is 5.97 Å². The van der Waals surface area contributed by atoms with Crippen molar-refractivity contribution < 1.29 is 19.1 Å². The molecule has 0 aliphatic rings. The number of carbonyl (C=O) groups is 2. The number of rotatable bonds is 8. The van der Waals surface area contributed by atoms with Crippen molar-refractivity contribution in [1.29, 1.82) is 0 Å². The summed E-state index contributed by atoms with van der Waals surface area (Å²) >= 11 is 0. The Hall–Kier alpha value is -2.63. The number of methoxy groups -OCH3 is 2. The number of esters is 1. The Bertz CT molecular complexity index is 758. The Morgan fingerprint density at radius 1 is 1.12 bits per heavy atom. The summed E-state index contributed by atoms with van der Waals surface area (Å²) < 4.78 is 9.79. The summed E-state index contributed by atoms with van der Waals surface area (Å²) in [5.74, 6) is 0.415. The van der Waals surface area contributed by atoms with Gasteiger partial charge in [-0.1, -0.05) is 6.42 Å². The van der Waals surface area contributed by atoms with Crippen molar-refractivity contribution in [1.82, 2.24) is 10.3 Å². The maximum atomic E-state index is 12.4. The number of aromatic nitrogens is 1. The van der Waals surface area contributed by atoms with Gasteiger partial charge in [-0.3, -0.25) is 14.6 Å². The first-order valence-electron chi connectivity index (χ1n) is 8.35. The highest BCUT2D eigenvalue weighted by Crippen LogP contribution is 2.21. The molecule has 0 saturated heterocycles. The molecule has 0 spiro atoms. The lowest BCUT2D eigenvalue weighted by atomic mass is 10.1. The molecule has 1 amide bonds. The molecule has 0 radical (unpaired) electrons. The Balaban J connectivity index is 1.91. The minimum atomic E-state index is -0.196. The van der Waals surface area contributed by atoms with Crippen molar-refractivity contribution in [2.75, 3.05) is 20.8 Å². The molecule has 6 nitrogen and oxygen atoms in total. The quantitative estimate of drug-likeness (QED) is 0.588. The molecule has 6 heteroatoms. The van der Waals surface area contributed by atoms with Crippen LogP contribution in [0.5, 0.6) is 5.75 Å². The second kappa shape index (κ2) is 9.01. The van der Waals surface area contributed by atoms with Crippen LogP contribution in [-0.2, 0) is 9.53 Å². The summed E-state index contributed by atoms with van der Waals surface area (Å²) in [4.78, 5) is 27.9. The highest BCUT2D eigenvalue weighted by Gasteiger charge is 2.11. The zero-order chi connectivity index (χ0) is 18.2. The number of nitrogens with zero attached hydrogens (tertiary/aromatic N) is 1. The van der Waals surface area contributed by atoms with Crippen molar-refractivity contribution in [3.05, 3.63) is 35.5 Å². The minimum Gasteiger partial charge on any atom is -0.497 e. The molecular weight excluding hydrogens is 320 g/mol. The predicted molar refractivity (Wildman–Crippen MR) is 95.8 cm³/mol. The first kappa shape index (κ1) is 18.7. The lowest BCUT2D eigenvalue weighted by molar-refractivity contribution is -0.140. The number of hydrogen-bond donors (Lipinski definition) is 1. The van der Waals surface area contributed by atoms with Crippen LogP contribution in [0.15, 0.2) is 24.3 Å². The predicted octanol–water partition coefficient (Wildman–Crippen LogP) is 3.02. The third kappa shape index (κ3) is 5.17. The number of aryl methyl sites for hydroxylation is 1. The Morgan fingerprint density at radius 2 is 1.92 bits per heavy atom. The van der Waals surface area contributed by atoms with E-state index in [0.29, 0.717) is 24.2 Å². The Kier molecular flexibility index (Phi) is 6.74. The standard InChI is InChI=1S/C19H24N2O4/c1-13-16(11-14-8-9-15(24-2)12-17(14)21-13)19(23)20-10-6-4-5-7-18(22)25-3/h8-9,11-12H,4-7,10H2,1-3H3,(H,20,23). The number of fused-ring (bicyclic) bond motifs is 1. The van der Waals surface area contributed by atoms with Crippen LogP contribution in [-0.4, -0.2) is 37.6 Å². The van der Waals surface area contributed by atoms with Crippen LogP contribution < -0.4 is 10.1 Å². The highest BCUT2D eigenvalue weighted by molar-refractivity contribution is 5.98. The molecule has 2 rings (SSSR count). The molecule has 0 atom stereocenters. The maximum absolute atomic E-state index is 12.4. The SMILES string of the molecule is COC(=O)CCCCCNC(=O)c1cc2ccc(OC)cc2nc1C. The van der Waals surface area contributed by atoms with Crippen molar-refractivity contribution in [3.8, 4) is 5.75 Å². The number of amides is 1. The van der Waals surface area contributed by atoms with E-state index in [1.807, 2.05) is 31.2 Å². The van der Waals surface area contributed by atoms with E-state index in [1.54, 1.807) is 7.11 Å². The molecule has 1 aromatic heterocycles. The summed E-state index contributed by atoms with van der Waals surface area (Å²) in [5.41, 5.74) is 2.06. The monoisotopic (exact) mass is 344 g/mol. The van der Waals surface area contributed by atoms with Crippen LogP contribution in [0.25, 0.3) is 10.9 Å². The van der Waals surface area contributed by atoms with Gasteiger partial charge in [0.2, 0.25) is 0 Å². The molecule has 2 aromatic rings. The summed E-state index contributed by atoms with van der Waals surface area (Å²) in [6.45, 7) is 2.39.